The van der Waals surface area contributed by atoms with E-state index < -0.39 is 0 Å². The Kier molecular flexibility index (Phi) is 5.20. The zero-order valence-electron chi connectivity index (χ0n) is 15.6. The van der Waals surface area contributed by atoms with Gasteiger partial charge in [-0.25, -0.2) is 4.79 Å². The third kappa shape index (κ3) is 4.41. The highest BCUT2D eigenvalue weighted by Crippen LogP contribution is 2.25. The number of anilines is 2. The first kappa shape index (κ1) is 18.2. The van der Waals surface area contributed by atoms with Gasteiger partial charge in [0.1, 0.15) is 5.75 Å². The van der Waals surface area contributed by atoms with Gasteiger partial charge < -0.3 is 19.8 Å². The third-order valence-corrected chi connectivity index (χ3v) is 4.14. The van der Waals surface area contributed by atoms with Crippen LogP contribution < -0.4 is 15.4 Å². The summed E-state index contributed by atoms with van der Waals surface area (Å²) in [6.45, 7) is 0. The number of ether oxygens (including phenoxy) is 1. The van der Waals surface area contributed by atoms with Crippen molar-refractivity contribution in [3.63, 3.8) is 0 Å². The largest absolute Gasteiger partial charge is 0.497 e. The van der Waals surface area contributed by atoms with Gasteiger partial charge in [0.2, 0.25) is 11.8 Å². The first-order chi connectivity index (χ1) is 14.2. The van der Waals surface area contributed by atoms with Crippen LogP contribution in [-0.2, 0) is 0 Å². The number of hydrogen-bond acceptors (Lipinski definition) is 5. The summed E-state index contributed by atoms with van der Waals surface area (Å²) in [7, 11) is 1.57. The number of methoxy groups -OCH3 is 1. The molecule has 0 bridgehead atoms. The summed E-state index contributed by atoms with van der Waals surface area (Å²) >= 11 is 0. The molecule has 7 heteroatoms. The smallest absolute Gasteiger partial charge is 0.323 e. The number of carbonyl (C=O) groups is 1. The maximum Gasteiger partial charge on any atom is 0.323 e. The average molecular weight is 386 g/mol. The number of aromatic nitrogens is 2. The minimum atomic E-state index is -0.370. The Morgan fingerprint density at radius 1 is 0.793 bits per heavy atom. The lowest BCUT2D eigenvalue weighted by atomic mass is 10.2. The van der Waals surface area contributed by atoms with Crippen molar-refractivity contribution in [3.8, 4) is 28.7 Å². The number of nitrogens with one attached hydrogen (secondary N) is 2. The molecule has 0 spiro atoms. The average Bonchev–Trinajstić information content (AvgIpc) is 3.25. The van der Waals surface area contributed by atoms with Crippen LogP contribution in [0.25, 0.3) is 22.9 Å². The fourth-order valence-electron chi connectivity index (χ4n) is 2.76. The summed E-state index contributed by atoms with van der Waals surface area (Å²) in [4.78, 5) is 12.3. The van der Waals surface area contributed by atoms with Crippen molar-refractivity contribution in [1.29, 1.82) is 0 Å². The van der Waals surface area contributed by atoms with E-state index in [1.807, 2.05) is 42.5 Å². The molecule has 0 saturated carbocycles. The molecule has 3 aromatic carbocycles. The Bertz CT molecular complexity index is 1130. The van der Waals surface area contributed by atoms with Crippen LogP contribution in [-0.4, -0.2) is 23.3 Å². The molecule has 4 rings (SSSR count). The molecule has 0 aliphatic rings. The summed E-state index contributed by atoms with van der Waals surface area (Å²) < 4.78 is 10.9. The topological polar surface area (TPSA) is 89.3 Å². The molecule has 0 atom stereocenters. The maximum absolute atomic E-state index is 12.3. The Morgan fingerprint density at radius 3 is 2.14 bits per heavy atom. The molecular formula is C22H18N4O3. The van der Waals surface area contributed by atoms with Gasteiger partial charge in [0.15, 0.2) is 0 Å². The minimum Gasteiger partial charge on any atom is -0.497 e. The second-order valence-corrected chi connectivity index (χ2v) is 6.17. The second kappa shape index (κ2) is 8.26. The summed E-state index contributed by atoms with van der Waals surface area (Å²) in [5.41, 5.74) is 2.78. The van der Waals surface area contributed by atoms with E-state index in [9.17, 15) is 4.79 Å². The van der Waals surface area contributed by atoms with Crippen LogP contribution in [0.3, 0.4) is 0 Å². The molecule has 1 aromatic heterocycles. The quantitative estimate of drug-likeness (QED) is 0.501. The molecule has 2 amide bonds. The Morgan fingerprint density at radius 2 is 1.41 bits per heavy atom. The van der Waals surface area contributed by atoms with Crippen molar-refractivity contribution >= 4 is 17.4 Å². The normalized spacial score (nSPS) is 10.4. The molecule has 7 nitrogen and oxygen atoms in total. The fourth-order valence-corrected chi connectivity index (χ4v) is 2.76. The van der Waals surface area contributed by atoms with E-state index >= 15 is 0 Å². The summed E-state index contributed by atoms with van der Waals surface area (Å²) in [5.74, 6) is 1.48. The molecule has 0 radical (unpaired) electrons. The van der Waals surface area contributed by atoms with Crippen molar-refractivity contribution in [3.05, 3.63) is 78.9 Å². The predicted octanol–water partition coefficient (Wildman–Crippen LogP) is 5.06. The minimum absolute atomic E-state index is 0.370. The van der Waals surface area contributed by atoms with Crippen molar-refractivity contribution in [2.45, 2.75) is 0 Å². The second-order valence-electron chi connectivity index (χ2n) is 6.17. The van der Waals surface area contributed by atoms with Gasteiger partial charge in [0.25, 0.3) is 0 Å². The Balaban J connectivity index is 1.47. The van der Waals surface area contributed by atoms with E-state index in [-0.39, 0.29) is 6.03 Å². The molecule has 144 valence electrons. The number of hydrogen-bond donors (Lipinski definition) is 2. The van der Waals surface area contributed by atoms with Crippen molar-refractivity contribution in [2.24, 2.45) is 0 Å². The number of carbonyl (C=O) groups excluding carboxylic acids is 1. The molecular weight excluding hydrogens is 368 g/mol. The molecule has 29 heavy (non-hydrogen) atoms. The highest BCUT2D eigenvalue weighted by molar-refractivity contribution is 6.00. The predicted molar refractivity (Wildman–Crippen MR) is 111 cm³/mol. The highest BCUT2D eigenvalue weighted by atomic mass is 16.5. The van der Waals surface area contributed by atoms with Crippen LogP contribution >= 0.6 is 0 Å². The van der Waals surface area contributed by atoms with Gasteiger partial charge in [-0.1, -0.05) is 30.3 Å². The number of urea groups is 1. The van der Waals surface area contributed by atoms with E-state index in [0.29, 0.717) is 34.5 Å². The SMILES string of the molecule is COc1cccc(NC(=O)Nc2cccc(-c3nnc(-c4ccccc4)o3)c2)c1. The van der Waals surface area contributed by atoms with Gasteiger partial charge in [-0.15, -0.1) is 10.2 Å². The van der Waals surface area contributed by atoms with E-state index in [4.69, 9.17) is 9.15 Å². The number of benzene rings is 3. The Hall–Kier alpha value is -4.13. The van der Waals surface area contributed by atoms with E-state index in [2.05, 4.69) is 20.8 Å². The van der Waals surface area contributed by atoms with Crippen molar-refractivity contribution in [2.75, 3.05) is 17.7 Å². The van der Waals surface area contributed by atoms with Gasteiger partial charge in [0, 0.05) is 28.6 Å². The van der Waals surface area contributed by atoms with Crippen LogP contribution in [0.5, 0.6) is 5.75 Å². The maximum atomic E-state index is 12.3. The molecule has 2 N–H and O–H groups in total. The lowest BCUT2D eigenvalue weighted by molar-refractivity contribution is 0.262. The van der Waals surface area contributed by atoms with Crippen LogP contribution in [0, 0.1) is 0 Å². The van der Waals surface area contributed by atoms with Gasteiger partial charge in [-0.05, 0) is 42.5 Å². The highest BCUT2D eigenvalue weighted by Gasteiger charge is 2.11. The first-order valence-corrected chi connectivity index (χ1v) is 8.93. The summed E-state index contributed by atoms with van der Waals surface area (Å²) in [5, 5.41) is 13.8. The van der Waals surface area contributed by atoms with Crippen molar-refractivity contribution in [1.82, 2.24) is 10.2 Å². The van der Waals surface area contributed by atoms with Crippen molar-refractivity contribution < 1.29 is 13.9 Å². The molecule has 0 saturated heterocycles. The monoisotopic (exact) mass is 386 g/mol. The van der Waals surface area contributed by atoms with Crippen LogP contribution in [0.4, 0.5) is 16.2 Å². The van der Waals surface area contributed by atoms with E-state index in [1.165, 1.54) is 0 Å². The third-order valence-electron chi connectivity index (χ3n) is 4.14. The molecule has 0 aliphatic heterocycles. The molecule has 1 heterocycles. The van der Waals surface area contributed by atoms with Crippen LogP contribution in [0.1, 0.15) is 0 Å². The number of nitrogens with zero attached hydrogens (tertiary/aromatic N) is 2. The van der Waals surface area contributed by atoms with Gasteiger partial charge in [-0.3, -0.25) is 0 Å². The molecule has 0 unspecified atom stereocenters. The van der Waals surface area contributed by atoms with Crippen LogP contribution in [0.2, 0.25) is 0 Å². The van der Waals surface area contributed by atoms with Gasteiger partial charge in [0.05, 0.1) is 7.11 Å². The van der Waals surface area contributed by atoms with Gasteiger partial charge in [-0.2, -0.15) is 0 Å². The summed E-state index contributed by atoms with van der Waals surface area (Å²) in [6, 6.07) is 23.5. The standard InChI is InChI=1S/C22H18N4O3/c1-28-19-12-6-11-18(14-19)24-22(27)23-17-10-5-9-16(13-17)21-26-25-20(29-21)15-7-3-2-4-8-15/h2-14H,1H3,(H2,23,24,27). The van der Waals surface area contributed by atoms with Gasteiger partial charge >= 0.3 is 6.03 Å². The number of amides is 2. The Labute approximate surface area is 167 Å². The molecule has 4 aromatic rings. The zero-order chi connectivity index (χ0) is 20.1. The molecule has 0 aliphatic carbocycles. The number of rotatable bonds is 5. The van der Waals surface area contributed by atoms with Crippen LogP contribution in [0.15, 0.2) is 83.3 Å². The first-order valence-electron chi connectivity index (χ1n) is 8.93. The summed E-state index contributed by atoms with van der Waals surface area (Å²) in [6.07, 6.45) is 0. The van der Waals surface area contributed by atoms with E-state index in [1.54, 1.807) is 43.5 Å². The lowest BCUT2D eigenvalue weighted by Gasteiger charge is -2.09. The molecule has 0 fully saturated rings. The zero-order valence-corrected chi connectivity index (χ0v) is 15.6. The van der Waals surface area contributed by atoms with E-state index in [0.717, 1.165) is 5.56 Å². The lowest BCUT2D eigenvalue weighted by Crippen LogP contribution is -2.19. The fraction of sp³-hybridized carbons (Fsp3) is 0.0455.